The highest BCUT2D eigenvalue weighted by Crippen LogP contribution is 2.43. The highest BCUT2D eigenvalue weighted by molar-refractivity contribution is 9.10. The molecule has 0 atom stereocenters. The zero-order valence-electron chi connectivity index (χ0n) is 8.02. The minimum absolute atomic E-state index is 0.643. The van der Waals surface area contributed by atoms with Crippen molar-refractivity contribution >= 4 is 27.5 Å². The first-order valence-corrected chi connectivity index (χ1v) is 5.92. The molecule has 2 rings (SSSR count). The second kappa shape index (κ2) is 4.11. The minimum atomic E-state index is 0.643. The highest BCUT2D eigenvalue weighted by Gasteiger charge is 2.23. The van der Waals surface area contributed by atoms with Gasteiger partial charge < -0.3 is 4.74 Å². The van der Waals surface area contributed by atoms with Crippen molar-refractivity contribution in [1.29, 1.82) is 0 Å². The molecule has 1 fully saturated rings. The molecule has 1 aromatic rings. The van der Waals surface area contributed by atoms with E-state index in [0.717, 1.165) is 15.2 Å². The summed E-state index contributed by atoms with van der Waals surface area (Å²) >= 11 is 9.60. The van der Waals surface area contributed by atoms with E-state index in [1.54, 1.807) is 7.11 Å². The van der Waals surface area contributed by atoms with Crippen molar-refractivity contribution < 1.29 is 4.74 Å². The van der Waals surface area contributed by atoms with Crippen molar-refractivity contribution in [3.05, 3.63) is 27.2 Å². The molecule has 1 aromatic carbocycles. The lowest BCUT2D eigenvalue weighted by molar-refractivity contribution is 0.400. The van der Waals surface area contributed by atoms with Gasteiger partial charge in [-0.3, -0.25) is 0 Å². The molecule has 3 heteroatoms. The molecule has 76 valence electrons. The Balaban J connectivity index is 2.38. The summed E-state index contributed by atoms with van der Waals surface area (Å²) in [6.07, 6.45) is 3.83. The third-order valence-electron chi connectivity index (χ3n) is 2.82. The Morgan fingerprint density at radius 3 is 2.64 bits per heavy atom. The molecule has 0 N–H and O–H groups in total. The van der Waals surface area contributed by atoms with Gasteiger partial charge in [0.2, 0.25) is 0 Å². The van der Waals surface area contributed by atoms with E-state index in [0.29, 0.717) is 5.92 Å². The van der Waals surface area contributed by atoms with Gasteiger partial charge in [0.15, 0.2) is 0 Å². The second-order valence-corrected chi connectivity index (χ2v) is 4.90. The topological polar surface area (TPSA) is 9.23 Å². The molecule has 0 spiro atoms. The fourth-order valence-corrected chi connectivity index (χ4v) is 2.69. The van der Waals surface area contributed by atoms with Crippen molar-refractivity contribution in [3.63, 3.8) is 0 Å². The predicted octanol–water partition coefficient (Wildman–Crippen LogP) is 4.38. The highest BCUT2D eigenvalue weighted by atomic mass is 79.9. The molecular weight excluding hydrogens is 263 g/mol. The Morgan fingerprint density at radius 2 is 2.14 bits per heavy atom. The average Bonchev–Trinajstić information content (AvgIpc) is 2.06. The normalized spacial score (nSPS) is 16.5. The monoisotopic (exact) mass is 274 g/mol. The summed E-state index contributed by atoms with van der Waals surface area (Å²) < 4.78 is 6.18. The molecule has 0 aromatic heterocycles. The van der Waals surface area contributed by atoms with Crippen molar-refractivity contribution in [2.24, 2.45) is 0 Å². The molecule has 0 radical (unpaired) electrons. The number of ether oxygens (including phenoxy) is 1. The third kappa shape index (κ3) is 1.78. The quantitative estimate of drug-likeness (QED) is 0.778. The summed E-state index contributed by atoms with van der Waals surface area (Å²) in [5.41, 5.74) is 1.23. The number of hydrogen-bond acceptors (Lipinski definition) is 1. The Hall–Kier alpha value is -0.210. The van der Waals surface area contributed by atoms with Gasteiger partial charge in [-0.2, -0.15) is 0 Å². The van der Waals surface area contributed by atoms with Crippen LogP contribution in [0.25, 0.3) is 0 Å². The lowest BCUT2D eigenvalue weighted by Gasteiger charge is -2.27. The molecule has 0 saturated heterocycles. The first-order chi connectivity index (χ1) is 6.72. The van der Waals surface area contributed by atoms with Crippen LogP contribution < -0.4 is 4.74 Å². The fourth-order valence-electron chi connectivity index (χ4n) is 1.73. The Morgan fingerprint density at radius 1 is 1.43 bits per heavy atom. The number of halogens is 2. The zero-order valence-corrected chi connectivity index (χ0v) is 10.4. The standard InChI is InChI=1S/C11H12BrClO/c1-14-11-5-8(7-3-2-4-7)10(13)6-9(11)12/h5-7H,2-4H2,1H3. The smallest absolute Gasteiger partial charge is 0.133 e. The van der Waals surface area contributed by atoms with E-state index in [1.165, 1.54) is 24.8 Å². The average molecular weight is 276 g/mol. The maximum Gasteiger partial charge on any atom is 0.133 e. The lowest BCUT2D eigenvalue weighted by atomic mass is 9.80. The van der Waals surface area contributed by atoms with E-state index in [1.807, 2.05) is 6.07 Å². The van der Waals surface area contributed by atoms with Gasteiger partial charge in [0.1, 0.15) is 5.75 Å². The molecule has 0 unspecified atom stereocenters. The number of hydrogen-bond donors (Lipinski definition) is 0. The van der Waals surface area contributed by atoms with Crippen LogP contribution in [0.2, 0.25) is 5.02 Å². The molecule has 1 nitrogen and oxygen atoms in total. The summed E-state index contributed by atoms with van der Waals surface area (Å²) in [5, 5.41) is 0.849. The molecule has 1 aliphatic carbocycles. The largest absolute Gasteiger partial charge is 0.496 e. The van der Waals surface area contributed by atoms with E-state index < -0.39 is 0 Å². The molecule has 1 saturated carbocycles. The van der Waals surface area contributed by atoms with Gasteiger partial charge in [-0.15, -0.1) is 0 Å². The van der Waals surface area contributed by atoms with Gasteiger partial charge in [-0.1, -0.05) is 18.0 Å². The number of rotatable bonds is 2. The minimum Gasteiger partial charge on any atom is -0.496 e. The molecule has 0 bridgehead atoms. The molecule has 0 aliphatic heterocycles. The third-order valence-corrected chi connectivity index (χ3v) is 3.76. The molecule has 14 heavy (non-hydrogen) atoms. The molecule has 0 amide bonds. The predicted molar refractivity (Wildman–Crippen MR) is 62.3 cm³/mol. The van der Waals surface area contributed by atoms with Gasteiger partial charge in [0.05, 0.1) is 11.6 Å². The second-order valence-electron chi connectivity index (χ2n) is 3.64. The maximum atomic E-state index is 6.18. The van der Waals surface area contributed by atoms with E-state index in [9.17, 15) is 0 Å². The SMILES string of the molecule is COc1cc(C2CCC2)c(Cl)cc1Br. The van der Waals surface area contributed by atoms with Crippen molar-refractivity contribution in [3.8, 4) is 5.75 Å². The van der Waals surface area contributed by atoms with Crippen LogP contribution in [0.3, 0.4) is 0 Å². The van der Waals surface area contributed by atoms with Crippen LogP contribution in [-0.2, 0) is 0 Å². The van der Waals surface area contributed by atoms with Crippen LogP contribution >= 0.6 is 27.5 Å². The van der Waals surface area contributed by atoms with Crippen LogP contribution in [-0.4, -0.2) is 7.11 Å². The maximum absolute atomic E-state index is 6.18. The van der Waals surface area contributed by atoms with Gasteiger partial charge in [0.25, 0.3) is 0 Å². The van der Waals surface area contributed by atoms with E-state index in [2.05, 4.69) is 22.0 Å². The Labute approximate surface area is 97.5 Å². The van der Waals surface area contributed by atoms with Crippen molar-refractivity contribution in [2.45, 2.75) is 25.2 Å². The lowest BCUT2D eigenvalue weighted by Crippen LogP contribution is -2.09. The van der Waals surface area contributed by atoms with Crippen molar-refractivity contribution in [1.82, 2.24) is 0 Å². The zero-order chi connectivity index (χ0) is 10.1. The van der Waals surface area contributed by atoms with Crippen LogP contribution in [0.4, 0.5) is 0 Å². The van der Waals surface area contributed by atoms with E-state index in [-0.39, 0.29) is 0 Å². The van der Waals surface area contributed by atoms with Gasteiger partial charge in [-0.25, -0.2) is 0 Å². The van der Waals surface area contributed by atoms with Crippen LogP contribution in [0, 0.1) is 0 Å². The van der Waals surface area contributed by atoms with Crippen LogP contribution in [0.5, 0.6) is 5.75 Å². The summed E-state index contributed by atoms with van der Waals surface area (Å²) in [5.74, 6) is 1.51. The van der Waals surface area contributed by atoms with Gasteiger partial charge in [0, 0.05) is 5.02 Å². The molecular formula is C11H12BrClO. The fraction of sp³-hybridized carbons (Fsp3) is 0.455. The summed E-state index contributed by atoms with van der Waals surface area (Å²) in [6, 6.07) is 3.98. The number of methoxy groups -OCH3 is 1. The number of benzene rings is 1. The van der Waals surface area contributed by atoms with Crippen molar-refractivity contribution in [2.75, 3.05) is 7.11 Å². The summed E-state index contributed by atoms with van der Waals surface area (Å²) in [7, 11) is 1.68. The van der Waals surface area contributed by atoms with E-state index in [4.69, 9.17) is 16.3 Å². The van der Waals surface area contributed by atoms with E-state index >= 15 is 0 Å². The Bertz CT molecular complexity index is 347. The van der Waals surface area contributed by atoms with Crippen LogP contribution in [0.15, 0.2) is 16.6 Å². The van der Waals surface area contributed by atoms with Gasteiger partial charge in [-0.05, 0) is 52.4 Å². The summed E-state index contributed by atoms with van der Waals surface area (Å²) in [4.78, 5) is 0. The van der Waals surface area contributed by atoms with Crippen LogP contribution in [0.1, 0.15) is 30.7 Å². The first-order valence-electron chi connectivity index (χ1n) is 4.75. The first kappa shape index (κ1) is 10.3. The summed E-state index contributed by atoms with van der Waals surface area (Å²) in [6.45, 7) is 0. The molecule has 0 heterocycles. The van der Waals surface area contributed by atoms with Gasteiger partial charge >= 0.3 is 0 Å². The molecule has 1 aliphatic rings. The Kier molecular flexibility index (Phi) is 3.03.